The predicted molar refractivity (Wildman–Crippen MR) is 311 cm³/mol. The second-order valence-corrected chi connectivity index (χ2v) is 24.6. The zero-order valence-electron chi connectivity index (χ0n) is 52.5. The first-order chi connectivity index (χ1) is 40.1. The molecule has 18 atom stereocenters. The highest BCUT2D eigenvalue weighted by Gasteiger charge is 2.55. The van der Waals surface area contributed by atoms with Gasteiger partial charge in [-0.15, -0.1) is 0 Å². The minimum absolute atomic E-state index is 0.0103. The number of fused-ring (bicyclic) bond motifs is 1. The predicted octanol–water partition coefficient (Wildman–Crippen LogP) is 6.15. The SMILES string of the molecule is CCO/N=C1\[C@H](C)C[C@@](C)(OC)[C@H](O[C@H]2O[C@@H](C)C[C@@H](N(C)C)[C@@H]2O)[C@@H](C)[C@H](O[C@H]2C[C@@](C)(OC)[C@@H](OC(=O)NCCOCCOCCCc3cc4c(=O)c(C(=O)O)cn(C5CC5)c4cc3F)[C@H](C)O2)[C@@H](C)C(=O)O[C@H](CC)[C@@](C)(O)[C@H](O)[C@H]1C. The highest BCUT2D eigenvalue weighted by atomic mass is 19.1. The number of carbonyl (C=O) groups is 3. The molecule has 0 radical (unpaired) electrons. The fourth-order valence-corrected chi connectivity index (χ4v) is 12.6. The maximum atomic E-state index is 15.2. The van der Waals surface area contributed by atoms with E-state index in [4.69, 9.17) is 52.2 Å². The van der Waals surface area contributed by atoms with Crippen molar-refractivity contribution in [2.75, 3.05) is 67.9 Å². The highest BCUT2D eigenvalue weighted by Crippen LogP contribution is 2.43. The fourth-order valence-electron chi connectivity index (χ4n) is 12.6. The number of benzene rings is 1. The Balaban J connectivity index is 1.12. The Kier molecular flexibility index (Phi) is 24.7. The van der Waals surface area contributed by atoms with E-state index in [-0.39, 0.29) is 94.4 Å². The first-order valence-corrected chi connectivity index (χ1v) is 30.1. The average Bonchev–Trinajstić information content (AvgIpc) is 3.37. The number of amides is 1. The molecule has 85 heavy (non-hydrogen) atoms. The summed E-state index contributed by atoms with van der Waals surface area (Å²) in [6, 6.07) is 2.46. The molecule has 3 aliphatic heterocycles. The lowest BCUT2D eigenvalue weighted by atomic mass is 9.73. The van der Waals surface area contributed by atoms with Crippen molar-refractivity contribution in [1.29, 1.82) is 0 Å². The summed E-state index contributed by atoms with van der Waals surface area (Å²) in [5.41, 5.74) is -4.32. The van der Waals surface area contributed by atoms with Gasteiger partial charge in [0.05, 0.1) is 73.1 Å². The number of ether oxygens (including phenoxy) is 10. The minimum atomic E-state index is -1.96. The number of aryl methyl sites for hydroxylation is 1. The van der Waals surface area contributed by atoms with Crippen LogP contribution in [0.4, 0.5) is 9.18 Å². The lowest BCUT2D eigenvalue weighted by molar-refractivity contribution is -0.319. The van der Waals surface area contributed by atoms with Crippen LogP contribution in [0.1, 0.15) is 143 Å². The van der Waals surface area contributed by atoms with Crippen molar-refractivity contribution < 1.29 is 91.4 Å². The molecule has 0 spiro atoms. The van der Waals surface area contributed by atoms with E-state index in [1.807, 2.05) is 46.7 Å². The van der Waals surface area contributed by atoms with Crippen LogP contribution >= 0.6 is 0 Å². The number of halogens is 1. The zero-order valence-corrected chi connectivity index (χ0v) is 52.5. The lowest BCUT2D eigenvalue weighted by Crippen LogP contribution is -2.62. The molecule has 23 nitrogen and oxygen atoms in total. The number of likely N-dealkylation sites (N-methyl/N-ethyl adjacent to an activating group) is 1. The number of carboxylic acids is 1. The molecule has 3 saturated heterocycles. The van der Waals surface area contributed by atoms with E-state index in [1.54, 1.807) is 53.2 Å². The molecule has 6 rings (SSSR count). The van der Waals surface area contributed by atoms with Gasteiger partial charge in [0.2, 0.25) is 5.43 Å². The number of oxime groups is 1. The second-order valence-electron chi connectivity index (χ2n) is 24.6. The van der Waals surface area contributed by atoms with Crippen molar-refractivity contribution in [2.24, 2.45) is 28.8 Å². The molecule has 4 aliphatic rings. The first kappa shape index (κ1) is 69.7. The number of hydrogen-bond donors (Lipinski definition) is 5. The van der Waals surface area contributed by atoms with Gasteiger partial charge < -0.3 is 87.4 Å². The van der Waals surface area contributed by atoms with E-state index in [2.05, 4.69) is 10.5 Å². The van der Waals surface area contributed by atoms with Crippen molar-refractivity contribution in [1.82, 2.24) is 14.8 Å². The normalized spacial score (nSPS) is 35.8. The summed E-state index contributed by atoms with van der Waals surface area (Å²) in [5.74, 6) is -5.70. The Morgan fingerprint density at radius 2 is 1.55 bits per heavy atom. The number of nitrogens with zero attached hydrogens (tertiary/aromatic N) is 3. The third-order valence-corrected chi connectivity index (χ3v) is 17.8. The molecular weight excluding hydrogens is 1110 g/mol. The number of pyridine rings is 1. The van der Waals surface area contributed by atoms with Gasteiger partial charge in [0.25, 0.3) is 0 Å². The summed E-state index contributed by atoms with van der Waals surface area (Å²) in [4.78, 5) is 60.5. The van der Waals surface area contributed by atoms with Crippen LogP contribution < -0.4 is 10.7 Å². The summed E-state index contributed by atoms with van der Waals surface area (Å²) in [6.45, 7) is 20.5. The number of aromatic carboxylic acids is 1. The van der Waals surface area contributed by atoms with Gasteiger partial charge in [-0.05, 0) is 125 Å². The summed E-state index contributed by atoms with van der Waals surface area (Å²) in [6.07, 6.45) is -6.42. The number of esters is 1. The Bertz CT molecular complexity index is 2640. The summed E-state index contributed by atoms with van der Waals surface area (Å²) in [7, 11) is 6.78. The van der Waals surface area contributed by atoms with Gasteiger partial charge in [0.1, 0.15) is 41.4 Å². The van der Waals surface area contributed by atoms with Gasteiger partial charge in [-0.2, -0.15) is 0 Å². The van der Waals surface area contributed by atoms with Crippen molar-refractivity contribution in [2.45, 2.75) is 218 Å². The van der Waals surface area contributed by atoms with Crippen LogP contribution in [0.3, 0.4) is 0 Å². The van der Waals surface area contributed by atoms with Crippen LogP contribution in [0, 0.1) is 29.5 Å². The van der Waals surface area contributed by atoms with Crippen LogP contribution in [-0.4, -0.2) is 206 Å². The molecule has 482 valence electrons. The third-order valence-electron chi connectivity index (χ3n) is 17.8. The van der Waals surface area contributed by atoms with Gasteiger partial charge in [0.15, 0.2) is 18.7 Å². The topological polar surface area (TPSA) is 283 Å². The largest absolute Gasteiger partial charge is 0.477 e. The highest BCUT2D eigenvalue weighted by molar-refractivity contribution is 5.93. The molecule has 0 unspecified atom stereocenters. The number of methoxy groups -OCH3 is 2. The molecule has 1 aromatic carbocycles. The monoisotopic (exact) mass is 1210 g/mol. The summed E-state index contributed by atoms with van der Waals surface area (Å²) in [5, 5.41) is 53.0. The van der Waals surface area contributed by atoms with E-state index in [9.17, 15) is 39.6 Å². The van der Waals surface area contributed by atoms with Gasteiger partial charge in [-0.3, -0.25) is 9.59 Å². The third kappa shape index (κ3) is 16.6. The van der Waals surface area contributed by atoms with Crippen molar-refractivity contribution in [3.63, 3.8) is 0 Å². The number of carboxylic acid groups (broad SMARTS) is 1. The van der Waals surface area contributed by atoms with Crippen molar-refractivity contribution in [3.05, 3.63) is 45.5 Å². The summed E-state index contributed by atoms with van der Waals surface area (Å²) >= 11 is 0. The lowest BCUT2D eigenvalue weighted by Gasteiger charge is -2.50. The maximum absolute atomic E-state index is 15.2. The Hall–Kier alpha value is -4.44. The summed E-state index contributed by atoms with van der Waals surface area (Å²) < 4.78 is 80.0. The Labute approximate surface area is 499 Å². The van der Waals surface area contributed by atoms with Crippen LogP contribution in [0.15, 0.2) is 28.3 Å². The number of nitrogens with one attached hydrogen (secondary N) is 1. The van der Waals surface area contributed by atoms with E-state index in [0.29, 0.717) is 29.6 Å². The van der Waals surface area contributed by atoms with Gasteiger partial charge in [0, 0.05) is 75.2 Å². The van der Waals surface area contributed by atoms with Crippen molar-refractivity contribution >= 4 is 34.6 Å². The molecule has 1 amide bonds. The van der Waals surface area contributed by atoms with Gasteiger partial charge >= 0.3 is 18.0 Å². The number of aliphatic hydroxyl groups excluding tert-OH is 2. The first-order valence-electron chi connectivity index (χ1n) is 30.1. The molecule has 4 heterocycles. The standard InChI is InChI=1S/C61H97FN4O19/c1-16-46-61(11,74)52(69)35(5)48(64-79-17-2)33(3)30-59(9,75-14)53(84-57-50(68)45(65(12)13)27-34(4)80-57)36(6)51(37(7)56(72)82-46)83-47-31-60(10,76-15)54(38(8)81-47)85-58(73)63-22-24-78-26-25-77-23-18-19-39-28-41-44(29-43(39)62)66(40-20-21-40)32-42(49(41)67)55(70)71/h28-29,32-38,40,45-47,50-54,57,68-69,74H,16-27,30-31H2,1-15H3,(H,63,73)(H,70,71)/b64-48+/t33-,34+,35+,36+,37-,38+,45-,46-,47+,50+,51+,52-,53-,54+,57-,59-,60-,61-/m1/s1. The van der Waals surface area contributed by atoms with Crippen LogP contribution in [0.5, 0.6) is 0 Å². The quantitative estimate of drug-likeness (QED) is 0.0474. The second kappa shape index (κ2) is 30.2. The molecule has 4 fully saturated rings. The smallest absolute Gasteiger partial charge is 0.407 e. The number of carbonyl (C=O) groups excluding carboxylic acids is 2. The fraction of sp³-hybridized carbons (Fsp3) is 0.787. The van der Waals surface area contributed by atoms with Gasteiger partial charge in [-0.1, -0.05) is 32.9 Å². The Morgan fingerprint density at radius 3 is 2.16 bits per heavy atom. The molecule has 1 aliphatic carbocycles. The molecule has 24 heteroatoms. The number of cyclic esters (lactones) is 1. The van der Waals surface area contributed by atoms with Crippen molar-refractivity contribution in [3.8, 4) is 0 Å². The number of aromatic nitrogens is 1. The van der Waals surface area contributed by atoms with Gasteiger partial charge in [-0.25, -0.2) is 14.0 Å². The Morgan fingerprint density at radius 1 is 0.894 bits per heavy atom. The van der Waals surface area contributed by atoms with Crippen LogP contribution in [0.2, 0.25) is 0 Å². The number of alkyl carbamates (subject to hydrolysis) is 1. The number of aliphatic hydroxyl groups is 3. The molecule has 1 saturated carbocycles. The molecular formula is C61H97FN4O19. The minimum Gasteiger partial charge on any atom is -0.477 e. The van der Waals surface area contributed by atoms with Crippen LogP contribution in [0.25, 0.3) is 10.9 Å². The molecule has 1 aromatic heterocycles. The number of rotatable bonds is 23. The average molecular weight is 1210 g/mol. The van der Waals surface area contributed by atoms with Crippen LogP contribution in [-0.2, 0) is 63.4 Å². The molecule has 5 N–H and O–H groups in total. The van der Waals surface area contributed by atoms with E-state index >= 15 is 4.39 Å². The zero-order chi connectivity index (χ0) is 62.9. The molecule has 2 aromatic rings. The maximum Gasteiger partial charge on any atom is 0.407 e. The van der Waals surface area contributed by atoms with E-state index in [1.165, 1.54) is 32.4 Å². The molecule has 0 bridgehead atoms. The number of hydrogen-bond acceptors (Lipinski definition) is 20. The van der Waals surface area contributed by atoms with E-state index < -0.39 is 125 Å². The van der Waals surface area contributed by atoms with E-state index in [0.717, 1.165) is 12.8 Å².